The zero-order valence-corrected chi connectivity index (χ0v) is 7.76. The van der Waals surface area contributed by atoms with Crippen LogP contribution in [0.3, 0.4) is 0 Å². The summed E-state index contributed by atoms with van der Waals surface area (Å²) >= 11 is 0. The highest BCUT2D eigenvalue weighted by Gasteiger charge is 2.10. The second kappa shape index (κ2) is 4.72. The highest BCUT2D eigenvalue weighted by Crippen LogP contribution is 2.24. The maximum atomic E-state index is 13.2. The van der Waals surface area contributed by atoms with Gasteiger partial charge in [-0.3, -0.25) is 0 Å². The normalized spacial score (nSPS) is 10.9. The average Bonchev–Trinajstić information content (AvgIpc) is 2.20. The fourth-order valence-corrected chi connectivity index (χ4v) is 1.07. The van der Waals surface area contributed by atoms with Gasteiger partial charge in [0, 0.05) is 6.54 Å². The predicted octanol–water partition coefficient (Wildman–Crippen LogP) is 1.95. The Hall–Kier alpha value is -1.42. The van der Waals surface area contributed by atoms with E-state index in [9.17, 15) is 8.78 Å². The van der Waals surface area contributed by atoms with Crippen molar-refractivity contribution in [3.8, 4) is 5.75 Å². The van der Waals surface area contributed by atoms with Gasteiger partial charge in [0.1, 0.15) is 5.75 Å². The third-order valence-corrected chi connectivity index (χ3v) is 1.73. The van der Waals surface area contributed by atoms with Gasteiger partial charge in [-0.05, 0) is 12.1 Å². The number of ether oxygens (including phenoxy) is 1. The molecule has 0 unspecified atom stereocenters. The highest BCUT2D eigenvalue weighted by molar-refractivity contribution is 5.58. The Morgan fingerprint density at radius 3 is 2.71 bits per heavy atom. The Bertz CT molecular complexity index is 350. The van der Waals surface area contributed by atoms with Gasteiger partial charge < -0.3 is 10.5 Å². The van der Waals surface area contributed by atoms with Crippen molar-refractivity contribution in [1.29, 1.82) is 0 Å². The highest BCUT2D eigenvalue weighted by atomic mass is 19.2. The summed E-state index contributed by atoms with van der Waals surface area (Å²) < 4.78 is 30.9. The van der Waals surface area contributed by atoms with E-state index in [0.29, 0.717) is 0 Å². The molecule has 0 aliphatic heterocycles. The minimum absolute atomic E-state index is 0.0814. The Kier molecular flexibility index (Phi) is 3.59. The molecule has 0 heterocycles. The quantitative estimate of drug-likeness (QED) is 0.807. The molecule has 2 N–H and O–H groups in total. The minimum atomic E-state index is -0.922. The number of methoxy groups -OCH3 is 1. The van der Waals surface area contributed by atoms with Crippen molar-refractivity contribution in [1.82, 2.24) is 0 Å². The van der Waals surface area contributed by atoms with Gasteiger partial charge in [0.2, 0.25) is 0 Å². The predicted molar refractivity (Wildman–Crippen MR) is 51.0 cm³/mol. The summed E-state index contributed by atoms with van der Waals surface area (Å²) in [5.41, 5.74) is 5.29. The molecule has 0 saturated carbocycles. The molecular weight excluding hydrogens is 188 g/mol. The number of hydrogen-bond acceptors (Lipinski definition) is 2. The van der Waals surface area contributed by atoms with E-state index in [0.717, 1.165) is 6.07 Å². The summed E-state index contributed by atoms with van der Waals surface area (Å²) in [6.45, 7) is 0.263. The lowest BCUT2D eigenvalue weighted by atomic mass is 10.1. The van der Waals surface area contributed by atoms with Crippen molar-refractivity contribution < 1.29 is 13.5 Å². The Labute approximate surface area is 81.0 Å². The van der Waals surface area contributed by atoms with E-state index in [2.05, 4.69) is 0 Å². The largest absolute Gasteiger partial charge is 0.496 e. The molecule has 0 atom stereocenters. The van der Waals surface area contributed by atoms with Crippen LogP contribution in [0.4, 0.5) is 8.78 Å². The number of hydrogen-bond donors (Lipinski definition) is 1. The SMILES string of the molecule is COc1ccc(F)c(F)c1/C=C/CN. The van der Waals surface area contributed by atoms with Gasteiger partial charge in [0.05, 0.1) is 12.7 Å². The van der Waals surface area contributed by atoms with E-state index in [1.807, 2.05) is 0 Å². The van der Waals surface area contributed by atoms with Crippen LogP contribution >= 0.6 is 0 Å². The standard InChI is InChI=1S/C10H11F2NO/c1-14-9-5-4-8(11)10(12)7(9)3-2-6-13/h2-5H,6,13H2,1H3/b3-2+. The number of benzene rings is 1. The van der Waals surface area contributed by atoms with E-state index in [1.165, 1.54) is 25.3 Å². The number of rotatable bonds is 3. The zero-order chi connectivity index (χ0) is 10.6. The Morgan fingerprint density at radius 1 is 1.43 bits per heavy atom. The Morgan fingerprint density at radius 2 is 2.14 bits per heavy atom. The molecule has 2 nitrogen and oxygen atoms in total. The van der Waals surface area contributed by atoms with E-state index in [-0.39, 0.29) is 17.9 Å². The molecule has 0 bridgehead atoms. The number of halogens is 2. The first-order chi connectivity index (χ1) is 6.70. The molecule has 1 rings (SSSR count). The summed E-state index contributed by atoms with van der Waals surface area (Å²) in [6, 6.07) is 2.39. The van der Waals surface area contributed by atoms with Crippen LogP contribution < -0.4 is 10.5 Å². The van der Waals surface area contributed by atoms with Gasteiger partial charge in [0.15, 0.2) is 11.6 Å². The lowest BCUT2D eigenvalue weighted by molar-refractivity contribution is 0.405. The molecule has 0 aromatic heterocycles. The maximum absolute atomic E-state index is 13.2. The van der Waals surface area contributed by atoms with Crippen molar-refractivity contribution in [2.24, 2.45) is 5.73 Å². The first-order valence-electron chi connectivity index (χ1n) is 4.09. The van der Waals surface area contributed by atoms with E-state index >= 15 is 0 Å². The summed E-state index contributed by atoms with van der Waals surface area (Å²) in [5.74, 6) is -1.54. The summed E-state index contributed by atoms with van der Waals surface area (Å²) in [7, 11) is 1.40. The third-order valence-electron chi connectivity index (χ3n) is 1.73. The molecule has 1 aromatic carbocycles. The van der Waals surface area contributed by atoms with Gasteiger partial charge >= 0.3 is 0 Å². The van der Waals surface area contributed by atoms with Gasteiger partial charge in [-0.2, -0.15) is 0 Å². The topological polar surface area (TPSA) is 35.2 Å². The summed E-state index contributed by atoms with van der Waals surface area (Å²) in [6.07, 6.45) is 2.93. The monoisotopic (exact) mass is 199 g/mol. The molecular formula is C10H11F2NO. The Balaban J connectivity index is 3.21. The molecule has 0 aliphatic rings. The van der Waals surface area contributed by atoms with Crippen LogP contribution in [0.25, 0.3) is 6.08 Å². The zero-order valence-electron chi connectivity index (χ0n) is 7.76. The molecule has 0 amide bonds. The van der Waals surface area contributed by atoms with Crippen LogP contribution in [0.2, 0.25) is 0 Å². The smallest absolute Gasteiger partial charge is 0.169 e. The molecule has 0 radical (unpaired) electrons. The summed E-state index contributed by atoms with van der Waals surface area (Å²) in [4.78, 5) is 0. The fraction of sp³-hybridized carbons (Fsp3) is 0.200. The molecule has 4 heteroatoms. The average molecular weight is 199 g/mol. The van der Waals surface area contributed by atoms with Gasteiger partial charge in [-0.1, -0.05) is 12.2 Å². The van der Waals surface area contributed by atoms with Gasteiger partial charge in [-0.25, -0.2) is 8.78 Å². The van der Waals surface area contributed by atoms with Crippen molar-refractivity contribution in [2.45, 2.75) is 0 Å². The van der Waals surface area contributed by atoms with E-state index < -0.39 is 11.6 Å². The minimum Gasteiger partial charge on any atom is -0.496 e. The fourth-order valence-electron chi connectivity index (χ4n) is 1.07. The maximum Gasteiger partial charge on any atom is 0.169 e. The molecule has 0 aliphatic carbocycles. The molecule has 14 heavy (non-hydrogen) atoms. The third kappa shape index (κ3) is 2.09. The van der Waals surface area contributed by atoms with Crippen molar-refractivity contribution >= 4 is 6.08 Å². The van der Waals surface area contributed by atoms with Crippen LogP contribution in [-0.4, -0.2) is 13.7 Å². The van der Waals surface area contributed by atoms with E-state index in [4.69, 9.17) is 10.5 Å². The van der Waals surface area contributed by atoms with Crippen molar-refractivity contribution in [2.75, 3.05) is 13.7 Å². The summed E-state index contributed by atoms with van der Waals surface area (Å²) in [5, 5.41) is 0. The lowest BCUT2D eigenvalue weighted by Crippen LogP contribution is -1.96. The molecule has 76 valence electrons. The number of nitrogens with two attached hydrogens (primary N) is 1. The lowest BCUT2D eigenvalue weighted by Gasteiger charge is -2.05. The first kappa shape index (κ1) is 10.7. The molecule has 0 spiro atoms. The first-order valence-corrected chi connectivity index (χ1v) is 4.09. The van der Waals surface area contributed by atoms with Crippen LogP contribution in [0.5, 0.6) is 5.75 Å². The second-order valence-electron chi connectivity index (χ2n) is 2.62. The van der Waals surface area contributed by atoms with Crippen LogP contribution in [0, 0.1) is 11.6 Å². The van der Waals surface area contributed by atoms with Gasteiger partial charge in [0.25, 0.3) is 0 Å². The second-order valence-corrected chi connectivity index (χ2v) is 2.62. The van der Waals surface area contributed by atoms with E-state index in [1.54, 1.807) is 0 Å². The van der Waals surface area contributed by atoms with Crippen molar-refractivity contribution in [3.05, 3.63) is 35.4 Å². The van der Waals surface area contributed by atoms with Crippen LogP contribution in [0.15, 0.2) is 18.2 Å². The van der Waals surface area contributed by atoms with Crippen LogP contribution in [0.1, 0.15) is 5.56 Å². The van der Waals surface area contributed by atoms with Crippen LogP contribution in [-0.2, 0) is 0 Å². The van der Waals surface area contributed by atoms with Gasteiger partial charge in [-0.15, -0.1) is 0 Å². The molecule has 0 saturated heterocycles. The molecule has 1 aromatic rings. The molecule has 0 fully saturated rings. The van der Waals surface area contributed by atoms with Crippen molar-refractivity contribution in [3.63, 3.8) is 0 Å².